The fraction of sp³-hybridized carbons (Fsp3) is 0.174. The van der Waals surface area contributed by atoms with Crippen molar-refractivity contribution in [3.05, 3.63) is 89.4 Å². The van der Waals surface area contributed by atoms with Crippen LogP contribution in [0.25, 0.3) is 10.9 Å². The molecule has 4 rings (SSSR count). The van der Waals surface area contributed by atoms with Gasteiger partial charge in [-0.1, -0.05) is 43.3 Å². The van der Waals surface area contributed by atoms with Gasteiger partial charge in [0.15, 0.2) is 0 Å². The lowest BCUT2D eigenvalue weighted by Crippen LogP contribution is -2.15. The van der Waals surface area contributed by atoms with Crippen molar-refractivity contribution >= 4 is 22.5 Å². The van der Waals surface area contributed by atoms with Crippen LogP contribution in [-0.4, -0.2) is 20.7 Å². The summed E-state index contributed by atoms with van der Waals surface area (Å²) in [6.07, 6.45) is 4.15. The lowest BCUT2D eigenvalue weighted by Gasteiger charge is -2.11. The summed E-state index contributed by atoms with van der Waals surface area (Å²) >= 11 is 0. The number of aryl methyl sites for hydroxylation is 1. The van der Waals surface area contributed by atoms with Crippen LogP contribution in [0.15, 0.2) is 67.0 Å². The molecule has 0 saturated heterocycles. The van der Waals surface area contributed by atoms with Crippen LogP contribution in [0.4, 0.5) is 5.69 Å². The molecule has 0 bridgehead atoms. The highest BCUT2D eigenvalue weighted by molar-refractivity contribution is 6.09. The van der Waals surface area contributed by atoms with Gasteiger partial charge in [-0.2, -0.15) is 5.10 Å². The van der Waals surface area contributed by atoms with E-state index in [9.17, 15) is 4.79 Å². The number of fused-ring (bicyclic) bond motifs is 1. The number of hydrogen-bond donors (Lipinski definition) is 1. The number of nitrogens with one attached hydrogen (secondary N) is 1. The van der Waals surface area contributed by atoms with E-state index in [1.54, 1.807) is 12.4 Å². The zero-order chi connectivity index (χ0) is 19.5. The van der Waals surface area contributed by atoms with E-state index >= 15 is 0 Å². The lowest BCUT2D eigenvalue weighted by molar-refractivity contribution is 0.102. The minimum absolute atomic E-state index is 0.148. The van der Waals surface area contributed by atoms with Crippen LogP contribution in [0.5, 0.6) is 0 Å². The van der Waals surface area contributed by atoms with Crippen molar-refractivity contribution in [1.29, 1.82) is 0 Å². The van der Waals surface area contributed by atoms with E-state index in [-0.39, 0.29) is 5.91 Å². The first-order valence-electron chi connectivity index (χ1n) is 9.41. The third-order valence-corrected chi connectivity index (χ3v) is 4.92. The molecule has 5 nitrogen and oxygen atoms in total. The summed E-state index contributed by atoms with van der Waals surface area (Å²) in [4.78, 5) is 17.4. The number of amides is 1. The Bertz CT molecular complexity index is 1130. The second-order valence-corrected chi connectivity index (χ2v) is 6.79. The Labute approximate surface area is 164 Å². The van der Waals surface area contributed by atoms with E-state index in [4.69, 9.17) is 0 Å². The van der Waals surface area contributed by atoms with Crippen molar-refractivity contribution in [2.75, 3.05) is 5.32 Å². The summed E-state index contributed by atoms with van der Waals surface area (Å²) < 4.78 is 1.90. The summed E-state index contributed by atoms with van der Waals surface area (Å²) in [5.74, 6) is -0.148. The molecule has 28 heavy (non-hydrogen) atoms. The van der Waals surface area contributed by atoms with Crippen molar-refractivity contribution < 1.29 is 4.79 Å². The normalized spacial score (nSPS) is 10.9. The minimum Gasteiger partial charge on any atom is -0.321 e. The number of anilines is 1. The van der Waals surface area contributed by atoms with Crippen LogP contribution >= 0.6 is 0 Å². The highest BCUT2D eigenvalue weighted by Crippen LogP contribution is 2.25. The van der Waals surface area contributed by atoms with E-state index in [1.807, 2.05) is 61.0 Å². The molecule has 0 aliphatic carbocycles. The Kier molecular flexibility index (Phi) is 4.89. The molecule has 0 radical (unpaired) electrons. The van der Waals surface area contributed by atoms with E-state index < -0.39 is 0 Å². The number of carbonyl (C=O) groups is 1. The summed E-state index contributed by atoms with van der Waals surface area (Å²) in [6.45, 7) is 4.71. The average molecular weight is 370 g/mol. The number of carbonyl (C=O) groups excluding carboxylic acids is 1. The Morgan fingerprint density at radius 2 is 1.89 bits per heavy atom. The smallest absolute Gasteiger partial charge is 0.259 e. The van der Waals surface area contributed by atoms with Crippen molar-refractivity contribution in [2.24, 2.45) is 0 Å². The minimum atomic E-state index is -0.148. The van der Waals surface area contributed by atoms with E-state index in [0.717, 1.165) is 39.8 Å². The van der Waals surface area contributed by atoms with E-state index in [1.165, 1.54) is 0 Å². The third kappa shape index (κ3) is 3.39. The number of rotatable bonds is 5. The number of nitrogens with zero attached hydrogens (tertiary/aromatic N) is 3. The molecule has 4 aromatic rings. The Balaban J connectivity index is 1.63. The number of hydrogen-bond acceptors (Lipinski definition) is 3. The molecule has 2 aromatic heterocycles. The van der Waals surface area contributed by atoms with Crippen LogP contribution in [0.2, 0.25) is 0 Å². The molecule has 2 aromatic carbocycles. The first-order valence-corrected chi connectivity index (χ1v) is 9.41. The topological polar surface area (TPSA) is 59.8 Å². The van der Waals surface area contributed by atoms with Crippen molar-refractivity contribution in [3.63, 3.8) is 0 Å². The quantitative estimate of drug-likeness (QED) is 0.558. The molecule has 0 saturated carbocycles. The predicted molar refractivity (Wildman–Crippen MR) is 112 cm³/mol. The second-order valence-electron chi connectivity index (χ2n) is 6.79. The molecule has 0 atom stereocenters. The maximum Gasteiger partial charge on any atom is 0.259 e. The third-order valence-electron chi connectivity index (χ3n) is 4.92. The number of aromatic nitrogens is 3. The Hall–Kier alpha value is -3.47. The lowest BCUT2D eigenvalue weighted by atomic mass is 10.1. The first kappa shape index (κ1) is 17.9. The standard InChI is InChI=1S/C23H22N4O/c1-3-21-19(14-25-27(21)15-17-8-5-4-6-9-17)23(28)26-20-12-11-16(2)22-18(20)10-7-13-24-22/h4-14H,3,15H2,1-2H3,(H,26,28). The SMILES string of the molecule is CCc1c(C(=O)Nc2ccc(C)c3ncccc23)cnn1Cc1ccccc1. The van der Waals surface area contributed by atoms with Gasteiger partial charge < -0.3 is 5.32 Å². The molecular weight excluding hydrogens is 348 g/mol. The predicted octanol–water partition coefficient (Wildman–Crippen LogP) is 4.60. The second kappa shape index (κ2) is 7.64. The van der Waals surface area contributed by atoms with Gasteiger partial charge in [-0.05, 0) is 42.7 Å². The Morgan fingerprint density at radius 3 is 2.68 bits per heavy atom. The summed E-state index contributed by atoms with van der Waals surface area (Å²) in [6, 6.07) is 17.9. The van der Waals surface area contributed by atoms with Gasteiger partial charge in [-0.15, -0.1) is 0 Å². The number of pyridine rings is 1. The molecule has 0 aliphatic heterocycles. The van der Waals surface area contributed by atoms with E-state index in [2.05, 4.69) is 27.5 Å². The van der Waals surface area contributed by atoms with Crippen LogP contribution in [0.1, 0.15) is 34.1 Å². The highest BCUT2D eigenvalue weighted by Gasteiger charge is 2.17. The summed E-state index contributed by atoms with van der Waals surface area (Å²) in [5.41, 5.74) is 5.43. The van der Waals surface area contributed by atoms with Gasteiger partial charge in [0.05, 0.1) is 35.2 Å². The summed E-state index contributed by atoms with van der Waals surface area (Å²) in [7, 11) is 0. The van der Waals surface area contributed by atoms with Crippen molar-refractivity contribution in [2.45, 2.75) is 26.8 Å². The molecule has 1 N–H and O–H groups in total. The average Bonchev–Trinajstić information content (AvgIpc) is 3.13. The number of benzene rings is 2. The zero-order valence-corrected chi connectivity index (χ0v) is 16.0. The first-order chi connectivity index (χ1) is 13.7. The van der Waals surface area contributed by atoms with Gasteiger partial charge >= 0.3 is 0 Å². The zero-order valence-electron chi connectivity index (χ0n) is 16.0. The molecule has 0 spiro atoms. The van der Waals surface area contributed by atoms with Crippen LogP contribution in [0, 0.1) is 6.92 Å². The fourth-order valence-electron chi connectivity index (χ4n) is 3.48. The maximum absolute atomic E-state index is 13.0. The van der Waals surface area contributed by atoms with Crippen molar-refractivity contribution in [1.82, 2.24) is 14.8 Å². The van der Waals surface area contributed by atoms with Gasteiger partial charge in [-0.3, -0.25) is 14.5 Å². The molecule has 0 aliphatic rings. The molecule has 0 fully saturated rings. The molecule has 2 heterocycles. The Morgan fingerprint density at radius 1 is 1.07 bits per heavy atom. The molecule has 140 valence electrons. The molecule has 0 unspecified atom stereocenters. The highest BCUT2D eigenvalue weighted by atomic mass is 16.1. The van der Waals surface area contributed by atoms with Gasteiger partial charge in [-0.25, -0.2) is 0 Å². The molecule has 5 heteroatoms. The van der Waals surface area contributed by atoms with Gasteiger partial charge in [0.25, 0.3) is 5.91 Å². The van der Waals surface area contributed by atoms with Gasteiger partial charge in [0, 0.05) is 11.6 Å². The maximum atomic E-state index is 13.0. The largest absolute Gasteiger partial charge is 0.321 e. The summed E-state index contributed by atoms with van der Waals surface area (Å²) in [5, 5.41) is 8.45. The fourth-order valence-corrected chi connectivity index (χ4v) is 3.48. The van der Waals surface area contributed by atoms with Crippen LogP contribution in [-0.2, 0) is 13.0 Å². The van der Waals surface area contributed by atoms with Gasteiger partial charge in [0.2, 0.25) is 0 Å². The molecular formula is C23H22N4O. The van der Waals surface area contributed by atoms with Crippen LogP contribution < -0.4 is 5.32 Å². The van der Waals surface area contributed by atoms with Crippen LogP contribution in [0.3, 0.4) is 0 Å². The van der Waals surface area contributed by atoms with Gasteiger partial charge in [0.1, 0.15) is 0 Å². The van der Waals surface area contributed by atoms with E-state index in [0.29, 0.717) is 12.1 Å². The molecule has 1 amide bonds. The van der Waals surface area contributed by atoms with Crippen molar-refractivity contribution in [3.8, 4) is 0 Å². The monoisotopic (exact) mass is 370 g/mol.